The van der Waals surface area contributed by atoms with Gasteiger partial charge in [0, 0.05) is 5.56 Å². The van der Waals surface area contributed by atoms with Crippen LogP contribution in [0.1, 0.15) is 15.9 Å². The molecule has 0 N–H and O–H groups in total. The van der Waals surface area contributed by atoms with Crippen molar-refractivity contribution in [2.24, 2.45) is 0 Å². The summed E-state index contributed by atoms with van der Waals surface area (Å²) < 4.78 is 5.67. The molecule has 0 saturated heterocycles. The Balaban J connectivity index is 1.67. The van der Waals surface area contributed by atoms with Crippen LogP contribution in [-0.2, 0) is 11.3 Å². The van der Waals surface area contributed by atoms with E-state index < -0.39 is 0 Å². The lowest BCUT2D eigenvalue weighted by Gasteiger charge is -2.12. The largest absolute Gasteiger partial charge is 0.375 e. The Kier molecular flexibility index (Phi) is 5.21. The fourth-order valence-electron chi connectivity index (χ4n) is 2.54. The molecular formula is C20H17BrO2. The molecule has 0 aliphatic rings. The van der Waals surface area contributed by atoms with Crippen LogP contribution < -0.4 is 0 Å². The van der Waals surface area contributed by atoms with E-state index in [4.69, 9.17) is 4.74 Å². The lowest BCUT2D eigenvalue weighted by atomic mass is 10.00. The second-order valence-electron chi connectivity index (χ2n) is 5.36. The van der Waals surface area contributed by atoms with Crippen LogP contribution in [0.15, 0.2) is 72.8 Å². The van der Waals surface area contributed by atoms with Gasteiger partial charge in [-0.05, 0) is 16.3 Å². The molecule has 23 heavy (non-hydrogen) atoms. The molecule has 1 atom stereocenters. The third-order valence-corrected chi connectivity index (χ3v) is 4.40. The zero-order valence-corrected chi connectivity index (χ0v) is 14.2. The van der Waals surface area contributed by atoms with Gasteiger partial charge in [-0.25, -0.2) is 0 Å². The molecule has 0 amide bonds. The van der Waals surface area contributed by atoms with Gasteiger partial charge in [0.1, 0.15) is 4.83 Å². The van der Waals surface area contributed by atoms with Gasteiger partial charge in [0.25, 0.3) is 0 Å². The first-order chi connectivity index (χ1) is 11.3. The van der Waals surface area contributed by atoms with Crippen LogP contribution in [-0.4, -0.2) is 17.2 Å². The van der Waals surface area contributed by atoms with Crippen LogP contribution in [0.3, 0.4) is 0 Å². The third kappa shape index (κ3) is 3.87. The smallest absolute Gasteiger partial charge is 0.179 e. The Labute approximate surface area is 144 Å². The van der Waals surface area contributed by atoms with Crippen LogP contribution >= 0.6 is 15.9 Å². The molecule has 116 valence electrons. The standard InChI is InChI=1S/C20H17BrO2/c21-19(14-23-13-15-7-2-1-3-8-15)20(22)18-12-6-10-16-9-4-5-11-17(16)18/h1-12,19H,13-14H2/t19-/m1/s1. The van der Waals surface area contributed by atoms with Gasteiger partial charge in [-0.1, -0.05) is 88.7 Å². The average molecular weight is 369 g/mol. The predicted molar refractivity (Wildman–Crippen MR) is 97.1 cm³/mol. The molecule has 3 aromatic carbocycles. The van der Waals surface area contributed by atoms with E-state index in [1.165, 1.54) is 0 Å². The lowest BCUT2D eigenvalue weighted by Crippen LogP contribution is -2.20. The van der Waals surface area contributed by atoms with Crippen LogP contribution in [0.4, 0.5) is 0 Å². The van der Waals surface area contributed by atoms with Gasteiger partial charge >= 0.3 is 0 Å². The van der Waals surface area contributed by atoms with Crippen molar-refractivity contribution in [2.75, 3.05) is 6.61 Å². The van der Waals surface area contributed by atoms with E-state index in [0.29, 0.717) is 13.2 Å². The first-order valence-corrected chi connectivity index (χ1v) is 8.45. The van der Waals surface area contributed by atoms with E-state index in [9.17, 15) is 4.79 Å². The third-order valence-electron chi connectivity index (χ3n) is 3.72. The van der Waals surface area contributed by atoms with Gasteiger partial charge in [-0.3, -0.25) is 4.79 Å². The van der Waals surface area contributed by atoms with E-state index >= 15 is 0 Å². The number of benzene rings is 3. The second-order valence-corrected chi connectivity index (χ2v) is 6.46. The molecule has 0 unspecified atom stereocenters. The van der Waals surface area contributed by atoms with Crippen LogP contribution in [0.25, 0.3) is 10.8 Å². The number of carbonyl (C=O) groups is 1. The Bertz CT molecular complexity index is 794. The molecule has 0 radical (unpaired) electrons. The van der Waals surface area contributed by atoms with Crippen LogP contribution in [0.5, 0.6) is 0 Å². The van der Waals surface area contributed by atoms with E-state index in [1.807, 2.05) is 72.8 Å². The number of Topliss-reactive ketones (excluding diaryl/α,β-unsaturated/α-hetero) is 1. The summed E-state index contributed by atoms with van der Waals surface area (Å²) >= 11 is 3.46. The molecule has 0 aliphatic heterocycles. The first-order valence-electron chi connectivity index (χ1n) is 7.53. The van der Waals surface area contributed by atoms with Crippen molar-refractivity contribution in [3.8, 4) is 0 Å². The van der Waals surface area contributed by atoms with Crippen molar-refractivity contribution >= 4 is 32.5 Å². The SMILES string of the molecule is O=C(c1cccc2ccccc12)[C@H](Br)COCc1ccccc1. The highest BCUT2D eigenvalue weighted by molar-refractivity contribution is 9.10. The Morgan fingerprint density at radius 2 is 1.61 bits per heavy atom. The maximum Gasteiger partial charge on any atom is 0.179 e. The Morgan fingerprint density at radius 3 is 2.43 bits per heavy atom. The molecule has 0 aromatic heterocycles. The Morgan fingerprint density at radius 1 is 0.913 bits per heavy atom. The zero-order valence-electron chi connectivity index (χ0n) is 12.6. The van der Waals surface area contributed by atoms with Gasteiger partial charge in [0.2, 0.25) is 0 Å². The molecule has 0 heterocycles. The van der Waals surface area contributed by atoms with Gasteiger partial charge in [0.05, 0.1) is 13.2 Å². The molecule has 3 heteroatoms. The summed E-state index contributed by atoms with van der Waals surface area (Å²) in [5, 5.41) is 2.05. The maximum absolute atomic E-state index is 12.7. The first kappa shape index (κ1) is 15.9. The molecule has 2 nitrogen and oxygen atoms in total. The van der Waals surface area contributed by atoms with Gasteiger partial charge in [-0.15, -0.1) is 0 Å². The van der Waals surface area contributed by atoms with Gasteiger partial charge in [-0.2, -0.15) is 0 Å². The minimum Gasteiger partial charge on any atom is -0.375 e. The maximum atomic E-state index is 12.7. The molecule has 0 spiro atoms. The van der Waals surface area contributed by atoms with E-state index in [0.717, 1.165) is 21.9 Å². The molecular weight excluding hydrogens is 352 g/mol. The topological polar surface area (TPSA) is 26.3 Å². The summed E-state index contributed by atoms with van der Waals surface area (Å²) in [5.74, 6) is 0.0508. The highest BCUT2D eigenvalue weighted by atomic mass is 79.9. The predicted octanol–water partition coefficient (Wildman–Crippen LogP) is 5.00. The fraction of sp³-hybridized carbons (Fsp3) is 0.150. The van der Waals surface area contributed by atoms with Crippen molar-refractivity contribution in [2.45, 2.75) is 11.4 Å². The second kappa shape index (κ2) is 7.53. The quantitative estimate of drug-likeness (QED) is 0.451. The average Bonchev–Trinajstić information content (AvgIpc) is 2.61. The minimum absolute atomic E-state index is 0.0508. The summed E-state index contributed by atoms with van der Waals surface area (Å²) in [4.78, 5) is 12.3. The Hall–Kier alpha value is -1.97. The summed E-state index contributed by atoms with van der Waals surface area (Å²) in [6.45, 7) is 0.850. The van der Waals surface area contributed by atoms with Crippen molar-refractivity contribution in [1.29, 1.82) is 0 Å². The molecule has 3 aromatic rings. The summed E-state index contributed by atoms with van der Waals surface area (Å²) in [6, 6.07) is 23.7. The van der Waals surface area contributed by atoms with Crippen molar-refractivity contribution in [3.63, 3.8) is 0 Å². The van der Waals surface area contributed by atoms with Crippen molar-refractivity contribution in [3.05, 3.63) is 83.9 Å². The monoisotopic (exact) mass is 368 g/mol. The number of alkyl halides is 1. The number of hydrogen-bond acceptors (Lipinski definition) is 2. The number of hydrogen-bond donors (Lipinski definition) is 0. The molecule has 3 rings (SSSR count). The lowest BCUT2D eigenvalue weighted by molar-refractivity contribution is 0.0874. The summed E-state index contributed by atoms with van der Waals surface area (Å²) in [7, 11) is 0. The summed E-state index contributed by atoms with van der Waals surface area (Å²) in [6.07, 6.45) is 0. The number of fused-ring (bicyclic) bond motifs is 1. The highest BCUT2D eigenvalue weighted by Crippen LogP contribution is 2.22. The molecule has 0 bridgehead atoms. The zero-order chi connectivity index (χ0) is 16.1. The van der Waals surface area contributed by atoms with Crippen LogP contribution in [0.2, 0.25) is 0 Å². The van der Waals surface area contributed by atoms with Gasteiger partial charge in [0.15, 0.2) is 5.78 Å². The van der Waals surface area contributed by atoms with Crippen LogP contribution in [0, 0.1) is 0 Å². The number of ether oxygens (including phenoxy) is 1. The molecule has 0 aliphatic carbocycles. The number of ketones is 1. The molecule has 0 fully saturated rings. The normalized spacial score (nSPS) is 12.2. The number of halogens is 1. The number of rotatable bonds is 6. The van der Waals surface area contributed by atoms with E-state index in [2.05, 4.69) is 15.9 Å². The van der Waals surface area contributed by atoms with Crippen molar-refractivity contribution in [1.82, 2.24) is 0 Å². The highest BCUT2D eigenvalue weighted by Gasteiger charge is 2.19. The van der Waals surface area contributed by atoms with Gasteiger partial charge < -0.3 is 4.74 Å². The number of carbonyl (C=O) groups excluding carboxylic acids is 1. The molecule has 0 saturated carbocycles. The summed E-state index contributed by atoms with van der Waals surface area (Å²) in [5.41, 5.74) is 1.83. The van der Waals surface area contributed by atoms with Crippen molar-refractivity contribution < 1.29 is 9.53 Å². The van der Waals surface area contributed by atoms with E-state index in [1.54, 1.807) is 0 Å². The minimum atomic E-state index is -0.350. The fourth-order valence-corrected chi connectivity index (χ4v) is 2.97. The van der Waals surface area contributed by atoms with E-state index in [-0.39, 0.29) is 10.6 Å².